The number of aryl methyl sites for hydroxylation is 1. The van der Waals surface area contributed by atoms with E-state index >= 15 is 0 Å². The monoisotopic (exact) mass is 376 g/mol. The van der Waals surface area contributed by atoms with Crippen molar-refractivity contribution < 1.29 is 9.18 Å². The molecule has 0 radical (unpaired) electrons. The smallest absolute Gasteiger partial charge is 0.317 e. The van der Waals surface area contributed by atoms with Crippen molar-refractivity contribution in [1.29, 1.82) is 0 Å². The topological polar surface area (TPSA) is 32.3 Å². The second-order valence-corrected chi connectivity index (χ2v) is 6.65. The molecular formula is C18H18BrFN2O. The fourth-order valence-corrected chi connectivity index (χ4v) is 3.21. The van der Waals surface area contributed by atoms with E-state index in [-0.39, 0.29) is 17.9 Å². The third-order valence-corrected chi connectivity index (χ3v) is 5.07. The molecule has 1 aliphatic rings. The number of nitrogens with zero attached hydrogens (tertiary/aromatic N) is 1. The zero-order valence-electron chi connectivity index (χ0n) is 12.9. The molecule has 0 spiro atoms. The molecule has 1 atom stereocenters. The molecule has 0 aliphatic carbocycles. The predicted octanol–water partition coefficient (Wildman–Crippen LogP) is 5.27. The number of nitrogens with one attached hydrogen (secondary N) is 1. The van der Waals surface area contributed by atoms with Crippen LogP contribution in [0.2, 0.25) is 0 Å². The molecule has 5 heteroatoms. The fraction of sp³-hybridized carbons (Fsp3) is 0.278. The van der Waals surface area contributed by atoms with Gasteiger partial charge >= 0.3 is 6.03 Å². The van der Waals surface area contributed by atoms with Crippen molar-refractivity contribution in [3.05, 3.63) is 63.9 Å². The lowest BCUT2D eigenvalue weighted by Crippen LogP contribution is -2.34. The number of hydrogen-bond donors (Lipinski definition) is 1. The van der Waals surface area contributed by atoms with Gasteiger partial charge in [-0.25, -0.2) is 9.18 Å². The average Bonchev–Trinajstić information content (AvgIpc) is 3.01. The maximum atomic E-state index is 13.1. The molecule has 1 aliphatic heterocycles. The summed E-state index contributed by atoms with van der Waals surface area (Å²) >= 11 is 3.45. The summed E-state index contributed by atoms with van der Waals surface area (Å²) in [5, 5.41) is 2.96. The molecule has 3 nitrogen and oxygen atoms in total. The zero-order chi connectivity index (χ0) is 16.4. The number of rotatable bonds is 2. The van der Waals surface area contributed by atoms with Crippen LogP contribution in [0.25, 0.3) is 0 Å². The number of halogens is 2. The molecule has 2 amide bonds. The Balaban J connectivity index is 1.75. The van der Waals surface area contributed by atoms with Gasteiger partial charge in [-0.1, -0.05) is 28.1 Å². The summed E-state index contributed by atoms with van der Waals surface area (Å²) in [6.45, 7) is 2.69. The Morgan fingerprint density at radius 2 is 2.00 bits per heavy atom. The van der Waals surface area contributed by atoms with Gasteiger partial charge in [0.15, 0.2) is 0 Å². The van der Waals surface area contributed by atoms with Crippen LogP contribution in [0.15, 0.2) is 46.9 Å². The number of amides is 2. The van der Waals surface area contributed by atoms with Gasteiger partial charge in [-0.2, -0.15) is 0 Å². The third kappa shape index (κ3) is 3.55. The van der Waals surface area contributed by atoms with E-state index in [0.29, 0.717) is 6.54 Å². The van der Waals surface area contributed by atoms with Crippen molar-refractivity contribution in [1.82, 2.24) is 4.90 Å². The van der Waals surface area contributed by atoms with E-state index < -0.39 is 0 Å². The highest BCUT2D eigenvalue weighted by Crippen LogP contribution is 2.32. The van der Waals surface area contributed by atoms with Gasteiger partial charge in [0.1, 0.15) is 5.82 Å². The van der Waals surface area contributed by atoms with Gasteiger partial charge in [0.25, 0.3) is 0 Å². The van der Waals surface area contributed by atoms with Crippen LogP contribution < -0.4 is 5.32 Å². The van der Waals surface area contributed by atoms with Crippen molar-refractivity contribution in [2.75, 3.05) is 11.9 Å². The molecule has 1 saturated heterocycles. The third-order valence-electron chi connectivity index (χ3n) is 4.18. The Morgan fingerprint density at radius 3 is 2.70 bits per heavy atom. The summed E-state index contributed by atoms with van der Waals surface area (Å²) in [5.74, 6) is -0.256. The van der Waals surface area contributed by atoms with Crippen LogP contribution in [0.4, 0.5) is 14.9 Å². The van der Waals surface area contributed by atoms with E-state index in [0.717, 1.165) is 34.1 Å². The SMILES string of the molecule is Cc1cc(NC(=O)N2CCC[C@@H]2c2ccc(F)cc2)ccc1Br. The number of carbonyl (C=O) groups is 1. The van der Waals surface area contributed by atoms with Gasteiger partial charge in [-0.05, 0) is 61.2 Å². The van der Waals surface area contributed by atoms with Gasteiger partial charge in [0, 0.05) is 16.7 Å². The number of benzene rings is 2. The van der Waals surface area contributed by atoms with Crippen LogP contribution in [0.5, 0.6) is 0 Å². The lowest BCUT2D eigenvalue weighted by molar-refractivity contribution is 0.207. The Morgan fingerprint density at radius 1 is 1.26 bits per heavy atom. The number of likely N-dealkylation sites (tertiary alicyclic amines) is 1. The number of hydrogen-bond acceptors (Lipinski definition) is 1. The predicted molar refractivity (Wildman–Crippen MR) is 93.0 cm³/mol. The van der Waals surface area contributed by atoms with Gasteiger partial charge in [-0.15, -0.1) is 0 Å². The van der Waals surface area contributed by atoms with Crippen molar-refractivity contribution in [2.45, 2.75) is 25.8 Å². The fourth-order valence-electron chi connectivity index (χ4n) is 2.96. The molecule has 120 valence electrons. The second kappa shape index (κ2) is 6.71. The summed E-state index contributed by atoms with van der Waals surface area (Å²) in [6, 6.07) is 12.0. The normalized spacial score (nSPS) is 17.3. The van der Waals surface area contributed by atoms with E-state index in [4.69, 9.17) is 0 Å². The first kappa shape index (κ1) is 16.0. The summed E-state index contributed by atoms with van der Waals surface area (Å²) in [6.07, 6.45) is 1.85. The van der Waals surface area contributed by atoms with Crippen molar-refractivity contribution in [2.24, 2.45) is 0 Å². The van der Waals surface area contributed by atoms with Crippen LogP contribution in [-0.2, 0) is 0 Å². The first-order chi connectivity index (χ1) is 11.0. The van der Waals surface area contributed by atoms with Crippen molar-refractivity contribution in [3.63, 3.8) is 0 Å². The Hall–Kier alpha value is -1.88. The van der Waals surface area contributed by atoms with E-state index in [9.17, 15) is 9.18 Å². The zero-order valence-corrected chi connectivity index (χ0v) is 14.4. The van der Waals surface area contributed by atoms with Gasteiger partial charge < -0.3 is 10.2 Å². The maximum absolute atomic E-state index is 13.1. The molecule has 1 N–H and O–H groups in total. The van der Waals surface area contributed by atoms with E-state index in [1.807, 2.05) is 30.0 Å². The van der Waals surface area contributed by atoms with Gasteiger partial charge in [0.2, 0.25) is 0 Å². The van der Waals surface area contributed by atoms with Crippen LogP contribution >= 0.6 is 15.9 Å². The highest BCUT2D eigenvalue weighted by Gasteiger charge is 2.30. The highest BCUT2D eigenvalue weighted by molar-refractivity contribution is 9.10. The average molecular weight is 377 g/mol. The van der Waals surface area contributed by atoms with E-state index in [1.165, 1.54) is 12.1 Å². The molecule has 23 heavy (non-hydrogen) atoms. The largest absolute Gasteiger partial charge is 0.322 e. The minimum absolute atomic E-state index is 0.00662. The molecule has 3 rings (SSSR count). The highest BCUT2D eigenvalue weighted by atomic mass is 79.9. The van der Waals surface area contributed by atoms with Gasteiger partial charge in [0.05, 0.1) is 6.04 Å². The molecule has 0 saturated carbocycles. The van der Waals surface area contributed by atoms with E-state index in [1.54, 1.807) is 12.1 Å². The Labute approximate surface area is 143 Å². The standard InChI is InChI=1S/C18H18BrFN2O/c1-12-11-15(8-9-16(12)19)21-18(23)22-10-2-3-17(22)13-4-6-14(20)7-5-13/h4-9,11,17H,2-3,10H2,1H3,(H,21,23)/t17-/m1/s1. The van der Waals surface area contributed by atoms with Crippen LogP contribution in [0.3, 0.4) is 0 Å². The second-order valence-electron chi connectivity index (χ2n) is 5.80. The first-order valence-electron chi connectivity index (χ1n) is 7.64. The molecule has 1 heterocycles. The first-order valence-corrected chi connectivity index (χ1v) is 8.43. The van der Waals surface area contributed by atoms with Crippen molar-refractivity contribution >= 4 is 27.6 Å². The summed E-state index contributed by atoms with van der Waals surface area (Å²) in [4.78, 5) is 14.4. The molecule has 2 aromatic carbocycles. The van der Waals surface area contributed by atoms with Crippen LogP contribution in [0.1, 0.15) is 30.0 Å². The minimum Gasteiger partial charge on any atom is -0.317 e. The molecule has 0 bridgehead atoms. The molecule has 2 aromatic rings. The lowest BCUT2D eigenvalue weighted by Gasteiger charge is -2.25. The molecular weight excluding hydrogens is 359 g/mol. The minimum atomic E-state index is -0.256. The lowest BCUT2D eigenvalue weighted by atomic mass is 10.0. The number of carbonyl (C=O) groups excluding carboxylic acids is 1. The van der Waals surface area contributed by atoms with Crippen LogP contribution in [0, 0.1) is 12.7 Å². The summed E-state index contributed by atoms with van der Waals surface area (Å²) in [7, 11) is 0. The quantitative estimate of drug-likeness (QED) is 0.760. The molecule has 0 aromatic heterocycles. The van der Waals surface area contributed by atoms with E-state index in [2.05, 4.69) is 21.2 Å². The molecule has 1 fully saturated rings. The number of anilines is 1. The number of urea groups is 1. The Kier molecular flexibility index (Phi) is 4.66. The van der Waals surface area contributed by atoms with Gasteiger partial charge in [-0.3, -0.25) is 0 Å². The van der Waals surface area contributed by atoms with Crippen molar-refractivity contribution in [3.8, 4) is 0 Å². The summed E-state index contributed by atoms with van der Waals surface area (Å²) < 4.78 is 14.1. The molecule has 0 unspecified atom stereocenters. The Bertz CT molecular complexity index is 717. The van der Waals surface area contributed by atoms with Crippen LogP contribution in [-0.4, -0.2) is 17.5 Å². The summed E-state index contributed by atoms with van der Waals surface area (Å²) in [5.41, 5.74) is 2.82. The maximum Gasteiger partial charge on any atom is 0.322 e.